The first-order chi connectivity index (χ1) is 8.18. The fourth-order valence-corrected chi connectivity index (χ4v) is 1.35. The van der Waals surface area contributed by atoms with Crippen LogP contribution < -0.4 is 11.1 Å². The second kappa shape index (κ2) is 4.61. The fraction of sp³-hybridized carbons (Fsp3) is 0. The Morgan fingerprint density at radius 1 is 1.24 bits per heavy atom. The average molecular weight is 231 g/mol. The zero-order chi connectivity index (χ0) is 12.3. The van der Waals surface area contributed by atoms with Gasteiger partial charge in [-0.05, 0) is 12.1 Å². The van der Waals surface area contributed by atoms with Gasteiger partial charge in [0, 0.05) is 11.9 Å². The summed E-state index contributed by atoms with van der Waals surface area (Å²) in [6, 6.07) is 8.83. The van der Waals surface area contributed by atoms with Gasteiger partial charge in [0.15, 0.2) is 5.82 Å². The Morgan fingerprint density at radius 2 is 1.94 bits per heavy atom. The highest BCUT2D eigenvalue weighted by Crippen LogP contribution is 2.16. The van der Waals surface area contributed by atoms with E-state index < -0.39 is 11.7 Å². The van der Waals surface area contributed by atoms with Crippen molar-refractivity contribution in [3.63, 3.8) is 0 Å². The normalized spacial score (nSPS) is 9.94. The van der Waals surface area contributed by atoms with E-state index in [2.05, 4.69) is 10.3 Å². The maximum atomic E-state index is 13.1. The van der Waals surface area contributed by atoms with Crippen LogP contribution in [0.2, 0.25) is 0 Å². The highest BCUT2D eigenvalue weighted by Gasteiger charge is 2.13. The summed E-state index contributed by atoms with van der Waals surface area (Å²) >= 11 is 0. The predicted molar refractivity (Wildman–Crippen MR) is 63.0 cm³/mol. The van der Waals surface area contributed by atoms with Crippen LogP contribution in [0, 0.1) is 5.82 Å². The number of rotatable bonds is 2. The second-order valence-corrected chi connectivity index (χ2v) is 3.40. The number of amides is 1. The van der Waals surface area contributed by atoms with Crippen molar-refractivity contribution in [1.82, 2.24) is 4.98 Å². The van der Waals surface area contributed by atoms with E-state index in [0.29, 0.717) is 5.69 Å². The Hall–Kier alpha value is -2.43. The van der Waals surface area contributed by atoms with E-state index >= 15 is 0 Å². The number of carbonyl (C=O) groups excluding carboxylic acids is 1. The van der Waals surface area contributed by atoms with Crippen LogP contribution in [0.25, 0.3) is 0 Å². The Morgan fingerprint density at radius 3 is 2.65 bits per heavy atom. The monoisotopic (exact) mass is 231 g/mol. The summed E-state index contributed by atoms with van der Waals surface area (Å²) in [6.07, 6.45) is 2.20. The number of hydrogen-bond acceptors (Lipinski definition) is 3. The number of nitrogens with two attached hydrogens (primary N) is 1. The summed E-state index contributed by atoms with van der Waals surface area (Å²) in [6.45, 7) is 0. The lowest BCUT2D eigenvalue weighted by molar-refractivity contribution is 0.102. The van der Waals surface area contributed by atoms with E-state index in [1.54, 1.807) is 24.3 Å². The van der Waals surface area contributed by atoms with E-state index in [0.717, 1.165) is 6.20 Å². The summed E-state index contributed by atoms with van der Waals surface area (Å²) in [4.78, 5) is 15.4. The molecule has 0 saturated heterocycles. The highest BCUT2D eigenvalue weighted by atomic mass is 19.1. The average Bonchev–Trinajstić information content (AvgIpc) is 2.34. The molecule has 4 nitrogen and oxygen atoms in total. The minimum atomic E-state index is -0.703. The summed E-state index contributed by atoms with van der Waals surface area (Å²) in [5, 5.41) is 2.60. The van der Waals surface area contributed by atoms with E-state index in [1.807, 2.05) is 6.07 Å². The molecule has 2 rings (SSSR count). The van der Waals surface area contributed by atoms with E-state index in [-0.39, 0.29) is 11.3 Å². The Balaban J connectivity index is 2.24. The van der Waals surface area contributed by atoms with Crippen LogP contribution in [0.15, 0.2) is 42.7 Å². The molecule has 17 heavy (non-hydrogen) atoms. The minimum Gasteiger partial charge on any atom is -0.396 e. The molecular weight excluding hydrogens is 221 g/mol. The molecule has 5 heteroatoms. The quantitative estimate of drug-likeness (QED) is 0.831. The molecule has 0 bridgehead atoms. The number of nitrogen functional groups attached to an aromatic ring is 1. The number of nitrogens with zero attached hydrogens (tertiary/aromatic N) is 1. The number of para-hydroxylation sites is 1. The van der Waals surface area contributed by atoms with Gasteiger partial charge in [-0.1, -0.05) is 18.2 Å². The molecular formula is C12H10FN3O. The SMILES string of the molecule is Nc1c(F)cncc1C(=O)Nc1ccccc1. The first kappa shape index (κ1) is 11.1. The largest absolute Gasteiger partial charge is 0.396 e. The van der Waals surface area contributed by atoms with Crippen molar-refractivity contribution in [3.05, 3.63) is 54.1 Å². The molecule has 0 atom stereocenters. The molecule has 1 aromatic heterocycles. The smallest absolute Gasteiger partial charge is 0.259 e. The molecule has 86 valence electrons. The van der Waals surface area contributed by atoms with Crippen LogP contribution in [0.4, 0.5) is 15.8 Å². The minimum absolute atomic E-state index is 0.0221. The molecule has 0 unspecified atom stereocenters. The zero-order valence-corrected chi connectivity index (χ0v) is 8.85. The molecule has 0 aliphatic heterocycles. The Labute approximate surface area is 97.3 Å². The molecule has 0 radical (unpaired) electrons. The van der Waals surface area contributed by atoms with Gasteiger partial charge in [0.05, 0.1) is 17.4 Å². The number of halogens is 1. The molecule has 0 fully saturated rings. The molecule has 1 amide bonds. The van der Waals surface area contributed by atoms with Gasteiger partial charge in [-0.25, -0.2) is 4.39 Å². The number of carbonyl (C=O) groups is 1. The number of aromatic nitrogens is 1. The summed E-state index contributed by atoms with van der Waals surface area (Å²) in [7, 11) is 0. The number of hydrogen-bond donors (Lipinski definition) is 2. The Bertz CT molecular complexity index is 543. The first-order valence-electron chi connectivity index (χ1n) is 4.94. The van der Waals surface area contributed by atoms with Crippen LogP contribution >= 0.6 is 0 Å². The standard InChI is InChI=1S/C12H10FN3O/c13-10-7-15-6-9(11(10)14)12(17)16-8-4-2-1-3-5-8/h1-7H,(H2,14,15)(H,16,17). The van der Waals surface area contributed by atoms with Gasteiger partial charge in [0.1, 0.15) is 0 Å². The lowest BCUT2D eigenvalue weighted by Crippen LogP contribution is -2.15. The van der Waals surface area contributed by atoms with Gasteiger partial charge in [-0.15, -0.1) is 0 Å². The van der Waals surface area contributed by atoms with E-state index in [9.17, 15) is 9.18 Å². The van der Waals surface area contributed by atoms with E-state index in [1.165, 1.54) is 6.20 Å². The number of benzene rings is 1. The molecule has 0 aliphatic rings. The van der Waals surface area contributed by atoms with E-state index in [4.69, 9.17) is 5.73 Å². The third-order valence-corrected chi connectivity index (χ3v) is 2.22. The summed E-state index contributed by atoms with van der Waals surface area (Å²) in [5.41, 5.74) is 5.90. The predicted octanol–water partition coefficient (Wildman–Crippen LogP) is 2.06. The van der Waals surface area contributed by atoms with Gasteiger partial charge < -0.3 is 11.1 Å². The van der Waals surface area contributed by atoms with Gasteiger partial charge in [-0.2, -0.15) is 0 Å². The van der Waals surface area contributed by atoms with Crippen LogP contribution in [-0.2, 0) is 0 Å². The number of pyridine rings is 1. The van der Waals surface area contributed by atoms with Crippen molar-refractivity contribution in [2.24, 2.45) is 0 Å². The second-order valence-electron chi connectivity index (χ2n) is 3.40. The summed E-state index contributed by atoms with van der Waals surface area (Å²) in [5.74, 6) is -1.19. The molecule has 2 aromatic rings. The molecule has 0 saturated carbocycles. The first-order valence-corrected chi connectivity index (χ1v) is 4.94. The fourth-order valence-electron chi connectivity index (χ4n) is 1.35. The molecule has 0 aliphatic carbocycles. The Kier molecular flexibility index (Phi) is 3.00. The maximum Gasteiger partial charge on any atom is 0.259 e. The van der Waals surface area contributed by atoms with Gasteiger partial charge >= 0.3 is 0 Å². The molecule has 1 heterocycles. The van der Waals surface area contributed by atoms with Crippen molar-refractivity contribution >= 4 is 17.3 Å². The van der Waals surface area contributed by atoms with Crippen molar-refractivity contribution in [3.8, 4) is 0 Å². The van der Waals surface area contributed by atoms with Crippen LogP contribution in [0.3, 0.4) is 0 Å². The summed E-state index contributed by atoms with van der Waals surface area (Å²) < 4.78 is 13.1. The molecule has 3 N–H and O–H groups in total. The molecule has 1 aromatic carbocycles. The third-order valence-electron chi connectivity index (χ3n) is 2.22. The highest BCUT2D eigenvalue weighted by molar-refractivity contribution is 6.07. The van der Waals surface area contributed by atoms with Crippen molar-refractivity contribution in [2.75, 3.05) is 11.1 Å². The number of anilines is 2. The topological polar surface area (TPSA) is 68.0 Å². The van der Waals surface area contributed by atoms with Gasteiger partial charge in [-0.3, -0.25) is 9.78 Å². The third kappa shape index (κ3) is 2.39. The van der Waals surface area contributed by atoms with Crippen LogP contribution in [-0.4, -0.2) is 10.9 Å². The lowest BCUT2D eigenvalue weighted by atomic mass is 10.2. The van der Waals surface area contributed by atoms with Crippen molar-refractivity contribution < 1.29 is 9.18 Å². The zero-order valence-electron chi connectivity index (χ0n) is 8.85. The number of nitrogens with one attached hydrogen (secondary N) is 1. The lowest BCUT2D eigenvalue weighted by Gasteiger charge is -2.07. The van der Waals surface area contributed by atoms with Crippen molar-refractivity contribution in [1.29, 1.82) is 0 Å². The van der Waals surface area contributed by atoms with Gasteiger partial charge in [0.2, 0.25) is 0 Å². The van der Waals surface area contributed by atoms with Crippen LogP contribution in [0.5, 0.6) is 0 Å². The molecule has 0 spiro atoms. The van der Waals surface area contributed by atoms with Crippen LogP contribution in [0.1, 0.15) is 10.4 Å². The maximum absolute atomic E-state index is 13.1. The van der Waals surface area contributed by atoms with Crippen molar-refractivity contribution in [2.45, 2.75) is 0 Å². The van der Waals surface area contributed by atoms with Gasteiger partial charge in [0.25, 0.3) is 5.91 Å².